The molecule has 276 valence electrons. The summed E-state index contributed by atoms with van der Waals surface area (Å²) in [5.41, 5.74) is 8.58. The summed E-state index contributed by atoms with van der Waals surface area (Å²) in [6, 6.07) is 7.68. The number of pyridine rings is 1. The van der Waals surface area contributed by atoms with Gasteiger partial charge in [-0.15, -0.1) is 0 Å². The van der Waals surface area contributed by atoms with Crippen LogP contribution in [0.4, 0.5) is 5.69 Å². The number of rotatable bonds is 6. The van der Waals surface area contributed by atoms with E-state index in [1.165, 1.54) is 19.3 Å². The summed E-state index contributed by atoms with van der Waals surface area (Å²) in [7, 11) is 1.17. The van der Waals surface area contributed by atoms with Gasteiger partial charge in [0.1, 0.15) is 12.5 Å². The van der Waals surface area contributed by atoms with Crippen LogP contribution in [0.15, 0.2) is 55.2 Å². The van der Waals surface area contributed by atoms with Gasteiger partial charge in [0, 0.05) is 56.4 Å². The van der Waals surface area contributed by atoms with Crippen molar-refractivity contribution in [3.05, 3.63) is 55.2 Å². The lowest BCUT2D eigenvalue weighted by molar-refractivity contribution is -0.0395. The highest BCUT2D eigenvalue weighted by Crippen LogP contribution is 2.37. The van der Waals surface area contributed by atoms with E-state index in [-0.39, 0.29) is 37.0 Å². The molecule has 15 heteroatoms. The van der Waals surface area contributed by atoms with Crippen molar-refractivity contribution in [1.82, 2.24) is 34.3 Å². The number of nitrogens with zero attached hydrogens (tertiary/aromatic N) is 7. The molecule has 0 spiro atoms. The summed E-state index contributed by atoms with van der Waals surface area (Å²) in [5, 5.41) is 12.9. The molecule has 4 aliphatic heterocycles. The number of aromatic nitrogens is 7. The molecule has 0 bridgehead atoms. The first-order chi connectivity index (χ1) is 24.7. The van der Waals surface area contributed by atoms with Gasteiger partial charge in [-0.3, -0.25) is 0 Å². The van der Waals surface area contributed by atoms with Gasteiger partial charge in [-0.2, -0.15) is 15.3 Å². The Morgan fingerprint density at radius 1 is 0.765 bits per heavy atom. The molecule has 8 rings (SSSR count). The fraction of sp³-hybridized carbons (Fsp3) is 0.611. The molecule has 0 amide bonds. The van der Waals surface area contributed by atoms with Crippen LogP contribution < -0.4 is 16.1 Å². The van der Waals surface area contributed by atoms with Crippen LogP contribution in [0.1, 0.15) is 104 Å². The Morgan fingerprint density at radius 3 is 1.90 bits per heavy atom. The zero-order valence-corrected chi connectivity index (χ0v) is 30.6. The Balaban J connectivity index is 0.000000138. The molecule has 4 aliphatic rings. The second kappa shape index (κ2) is 16.7. The van der Waals surface area contributed by atoms with Gasteiger partial charge < -0.3 is 34.0 Å². The van der Waals surface area contributed by atoms with Crippen molar-refractivity contribution >= 4 is 18.4 Å². The van der Waals surface area contributed by atoms with Crippen LogP contribution in [0.2, 0.25) is 0 Å². The average Bonchev–Trinajstić information content (AvgIpc) is 3.98. The molecule has 8 heterocycles. The fourth-order valence-corrected chi connectivity index (χ4v) is 6.48. The van der Waals surface area contributed by atoms with Gasteiger partial charge in [0.25, 0.3) is 0 Å². The van der Waals surface area contributed by atoms with Gasteiger partial charge in [0.2, 0.25) is 5.88 Å². The summed E-state index contributed by atoms with van der Waals surface area (Å²) in [4.78, 5) is 4.21. The number of nitrogens with two attached hydrogens (primary N) is 1. The summed E-state index contributed by atoms with van der Waals surface area (Å²) in [6.07, 6.45) is 19.3. The smallest absolute Gasteiger partial charge is 0.480 e. The standard InChI is InChI=1S/C14H23BN2O3.C14H18N4O2.C8H12N2O/c1-13(2)14(3,4)20-15(19-13)11-8-9-16-17(11)12-7-5-6-10-18-12;1-19-14-11(15)8-10(9-16-14)12-5-6-17-18(12)13-4-2-3-7-20-13;1-2-7-11-8(4-1)10-6-3-5-9-10/h8-9,12H,5-7,10H2,1-4H3;5-6,8-9,13H,2-4,7,15H2,1H3;3,5-6,8H,1-2,4,7H2. The highest BCUT2D eigenvalue weighted by atomic mass is 16.7. The fourth-order valence-electron chi connectivity index (χ4n) is 6.48. The lowest BCUT2D eigenvalue weighted by Crippen LogP contribution is -2.42. The zero-order valence-electron chi connectivity index (χ0n) is 30.6. The van der Waals surface area contributed by atoms with Crippen molar-refractivity contribution < 1.29 is 28.3 Å². The van der Waals surface area contributed by atoms with E-state index in [2.05, 4.69) is 48.0 Å². The van der Waals surface area contributed by atoms with Crippen molar-refractivity contribution in [3.63, 3.8) is 0 Å². The molecule has 4 aromatic rings. The van der Waals surface area contributed by atoms with Gasteiger partial charge in [-0.05, 0) is 110 Å². The molecule has 0 aromatic carbocycles. The van der Waals surface area contributed by atoms with Crippen molar-refractivity contribution in [2.75, 3.05) is 32.7 Å². The van der Waals surface area contributed by atoms with E-state index >= 15 is 0 Å². The number of ether oxygens (including phenoxy) is 4. The maximum Gasteiger partial charge on any atom is 0.514 e. The number of hydrogen-bond donors (Lipinski definition) is 1. The summed E-state index contributed by atoms with van der Waals surface area (Å²) >= 11 is 0. The van der Waals surface area contributed by atoms with Crippen LogP contribution in [0, 0.1) is 0 Å². The van der Waals surface area contributed by atoms with E-state index in [4.69, 9.17) is 34.0 Å². The molecule has 3 unspecified atom stereocenters. The number of hydrogen-bond acceptors (Lipinski definition) is 11. The Labute approximate surface area is 301 Å². The molecule has 51 heavy (non-hydrogen) atoms. The average molecular weight is 705 g/mol. The molecule has 4 saturated heterocycles. The Kier molecular flexibility index (Phi) is 12.1. The van der Waals surface area contributed by atoms with Crippen LogP contribution >= 0.6 is 0 Å². The normalized spacial score (nSPS) is 24.2. The summed E-state index contributed by atoms with van der Waals surface area (Å²) in [6.45, 7) is 10.7. The molecule has 4 fully saturated rings. The van der Waals surface area contributed by atoms with E-state index in [9.17, 15) is 0 Å². The summed E-state index contributed by atoms with van der Waals surface area (Å²) in [5.74, 6) is 0.439. The third kappa shape index (κ3) is 8.83. The van der Waals surface area contributed by atoms with E-state index < -0.39 is 0 Å². The minimum Gasteiger partial charge on any atom is -0.480 e. The van der Waals surface area contributed by atoms with E-state index in [0.29, 0.717) is 11.6 Å². The largest absolute Gasteiger partial charge is 0.514 e. The highest BCUT2D eigenvalue weighted by Gasteiger charge is 2.53. The molecule has 14 nitrogen and oxygen atoms in total. The lowest BCUT2D eigenvalue weighted by atomic mass is 9.84. The Bertz CT molecular complexity index is 1630. The molecule has 0 radical (unpaired) electrons. The SMILES string of the molecule is CC1(C)OB(c2ccnn2C2CCCCO2)OC1(C)C.COc1ncc(-c2ccnn2C2CCCCO2)cc1N.c1cnn(C2CCCCO2)c1. The topological polar surface area (TPSA) is 148 Å². The number of methoxy groups -OCH3 is 1. The van der Waals surface area contributed by atoms with E-state index in [0.717, 1.165) is 75.2 Å². The predicted molar refractivity (Wildman–Crippen MR) is 193 cm³/mol. The van der Waals surface area contributed by atoms with Crippen LogP contribution in [0.25, 0.3) is 11.3 Å². The minimum atomic E-state index is -0.381. The maximum absolute atomic E-state index is 6.10. The molecular weight excluding hydrogens is 651 g/mol. The molecule has 0 aliphatic carbocycles. The van der Waals surface area contributed by atoms with Gasteiger partial charge >= 0.3 is 7.12 Å². The monoisotopic (exact) mass is 704 g/mol. The van der Waals surface area contributed by atoms with Gasteiger partial charge in [0.15, 0.2) is 6.23 Å². The van der Waals surface area contributed by atoms with Crippen LogP contribution in [0.5, 0.6) is 5.88 Å². The van der Waals surface area contributed by atoms with Gasteiger partial charge in [0.05, 0.1) is 35.3 Å². The summed E-state index contributed by atoms with van der Waals surface area (Å²) < 4.78 is 40.1. The lowest BCUT2D eigenvalue weighted by Gasteiger charge is -2.32. The van der Waals surface area contributed by atoms with Crippen LogP contribution in [0.3, 0.4) is 0 Å². The van der Waals surface area contributed by atoms with Crippen LogP contribution in [-0.2, 0) is 23.5 Å². The van der Waals surface area contributed by atoms with E-state index in [1.807, 2.05) is 44.5 Å². The first-order valence-corrected chi connectivity index (χ1v) is 18.2. The molecule has 3 atom stereocenters. The van der Waals surface area contributed by atoms with Crippen molar-refractivity contribution in [3.8, 4) is 17.1 Å². The highest BCUT2D eigenvalue weighted by molar-refractivity contribution is 6.61. The quantitative estimate of drug-likeness (QED) is 0.247. The van der Waals surface area contributed by atoms with Crippen molar-refractivity contribution in [2.24, 2.45) is 0 Å². The Hall–Kier alpha value is -3.76. The van der Waals surface area contributed by atoms with Crippen molar-refractivity contribution in [2.45, 2.75) is 115 Å². The number of nitrogen functional groups attached to an aromatic ring is 1. The van der Waals surface area contributed by atoms with E-state index in [1.54, 1.807) is 31.9 Å². The minimum absolute atomic E-state index is 0.00271. The number of anilines is 1. The van der Waals surface area contributed by atoms with Crippen LogP contribution in [-0.4, -0.2) is 79.6 Å². The first kappa shape index (κ1) is 37.0. The Morgan fingerprint density at radius 2 is 1.35 bits per heavy atom. The molecule has 4 aromatic heterocycles. The predicted octanol–water partition coefficient (Wildman–Crippen LogP) is 5.70. The molecule has 0 saturated carbocycles. The third-order valence-corrected chi connectivity index (χ3v) is 10.1. The third-order valence-electron chi connectivity index (χ3n) is 10.1. The van der Waals surface area contributed by atoms with Gasteiger partial charge in [-0.25, -0.2) is 19.0 Å². The zero-order chi connectivity index (χ0) is 35.8. The molecule has 2 N–H and O–H groups in total. The second-order valence-corrected chi connectivity index (χ2v) is 14.2. The first-order valence-electron chi connectivity index (χ1n) is 18.2. The maximum atomic E-state index is 6.10. The van der Waals surface area contributed by atoms with Gasteiger partial charge in [-0.1, -0.05) is 0 Å². The molecular formula is C36H53BN8O6. The van der Waals surface area contributed by atoms with Crippen molar-refractivity contribution in [1.29, 1.82) is 0 Å². The second-order valence-electron chi connectivity index (χ2n) is 14.2.